The summed E-state index contributed by atoms with van der Waals surface area (Å²) >= 11 is 0. The van der Waals surface area contributed by atoms with Gasteiger partial charge in [0, 0.05) is 39.9 Å². The van der Waals surface area contributed by atoms with Crippen molar-refractivity contribution in [3.05, 3.63) is 0 Å². The Kier molecular flexibility index (Phi) is 11.6. The van der Waals surface area contributed by atoms with E-state index in [9.17, 15) is 4.79 Å². The predicted molar refractivity (Wildman–Crippen MR) is 105 cm³/mol. The number of carbonyl (C=O) groups excluding carboxylic acids is 1. The van der Waals surface area contributed by atoms with Crippen molar-refractivity contribution in [2.75, 3.05) is 39.9 Å². The molecule has 0 radical (unpaired) electrons. The first-order valence-electron chi connectivity index (χ1n) is 8.30. The minimum absolute atomic E-state index is 0. The van der Waals surface area contributed by atoms with Crippen molar-refractivity contribution in [3.8, 4) is 0 Å². The van der Waals surface area contributed by atoms with Crippen LogP contribution in [0.5, 0.6) is 0 Å². The smallest absolute Gasteiger partial charge is 0.227 e. The van der Waals surface area contributed by atoms with E-state index in [1.54, 1.807) is 7.05 Å². The lowest BCUT2D eigenvalue weighted by molar-refractivity contribution is -0.128. The van der Waals surface area contributed by atoms with Gasteiger partial charge in [-0.05, 0) is 46.0 Å². The van der Waals surface area contributed by atoms with Crippen LogP contribution in [0, 0.1) is 11.3 Å². The van der Waals surface area contributed by atoms with Gasteiger partial charge in [0.15, 0.2) is 5.96 Å². The molecule has 3 N–H and O–H groups in total. The van der Waals surface area contributed by atoms with Crippen molar-refractivity contribution < 1.29 is 9.53 Å². The number of hydrogen-bond acceptors (Lipinski definition) is 3. The van der Waals surface area contributed by atoms with E-state index in [1.165, 1.54) is 12.8 Å². The van der Waals surface area contributed by atoms with Gasteiger partial charge in [0.05, 0.1) is 5.41 Å². The number of aliphatic imine (C=N–C) groups is 1. The molecule has 6 nitrogen and oxygen atoms in total. The van der Waals surface area contributed by atoms with Crippen LogP contribution in [0.15, 0.2) is 4.99 Å². The minimum Gasteiger partial charge on any atom is -0.381 e. The zero-order chi connectivity index (χ0) is 16.4. The molecular weight excluding hydrogens is 407 g/mol. The SMILES string of the molecule is CCNC(=O)C(C)(C)CNC(=NC)NCCCOCC1CC1.I. The second-order valence-corrected chi connectivity index (χ2v) is 6.47. The molecule has 0 aromatic carbocycles. The molecule has 136 valence electrons. The zero-order valence-corrected chi connectivity index (χ0v) is 17.2. The molecule has 0 heterocycles. The Labute approximate surface area is 157 Å². The van der Waals surface area contributed by atoms with Gasteiger partial charge < -0.3 is 20.7 Å². The average Bonchev–Trinajstić information content (AvgIpc) is 3.30. The number of rotatable bonds is 10. The maximum absolute atomic E-state index is 11.9. The molecule has 7 heteroatoms. The molecule has 0 saturated heterocycles. The molecule has 0 aromatic heterocycles. The molecule has 0 spiro atoms. The Balaban J connectivity index is 0.00000484. The minimum atomic E-state index is -0.471. The molecule has 1 amide bonds. The second kappa shape index (κ2) is 11.9. The predicted octanol–water partition coefficient (Wildman–Crippen LogP) is 1.75. The number of halogens is 1. The molecular formula is C16H33IN4O2. The summed E-state index contributed by atoms with van der Waals surface area (Å²) in [4.78, 5) is 16.1. The van der Waals surface area contributed by atoms with Crippen molar-refractivity contribution in [3.63, 3.8) is 0 Å². The monoisotopic (exact) mass is 440 g/mol. The third-order valence-corrected chi connectivity index (χ3v) is 3.68. The number of carbonyl (C=O) groups is 1. The molecule has 0 aliphatic heterocycles. The fourth-order valence-electron chi connectivity index (χ4n) is 1.92. The quantitative estimate of drug-likeness (QED) is 0.210. The van der Waals surface area contributed by atoms with Gasteiger partial charge >= 0.3 is 0 Å². The summed E-state index contributed by atoms with van der Waals surface area (Å²) in [6, 6.07) is 0. The van der Waals surface area contributed by atoms with Gasteiger partial charge in [0.1, 0.15) is 0 Å². The van der Waals surface area contributed by atoms with Crippen molar-refractivity contribution in [1.29, 1.82) is 0 Å². The van der Waals surface area contributed by atoms with Crippen molar-refractivity contribution in [2.24, 2.45) is 16.3 Å². The molecule has 0 aromatic rings. The fourth-order valence-corrected chi connectivity index (χ4v) is 1.92. The topological polar surface area (TPSA) is 74.8 Å². The Bertz CT molecular complexity index is 371. The largest absolute Gasteiger partial charge is 0.381 e. The third kappa shape index (κ3) is 10.0. The lowest BCUT2D eigenvalue weighted by Crippen LogP contribution is -2.48. The van der Waals surface area contributed by atoms with Crippen LogP contribution in [0.4, 0.5) is 0 Å². The van der Waals surface area contributed by atoms with Crippen LogP contribution in [0.1, 0.15) is 40.0 Å². The number of ether oxygens (including phenoxy) is 1. The summed E-state index contributed by atoms with van der Waals surface area (Å²) in [6.07, 6.45) is 3.61. The molecule has 1 saturated carbocycles. The highest BCUT2D eigenvalue weighted by Crippen LogP contribution is 2.28. The van der Waals surface area contributed by atoms with E-state index in [1.807, 2.05) is 20.8 Å². The molecule has 23 heavy (non-hydrogen) atoms. The zero-order valence-electron chi connectivity index (χ0n) is 14.9. The molecule has 1 rings (SSSR count). The highest BCUT2D eigenvalue weighted by molar-refractivity contribution is 14.0. The van der Waals surface area contributed by atoms with E-state index in [0.29, 0.717) is 13.1 Å². The molecule has 1 fully saturated rings. The van der Waals surface area contributed by atoms with Gasteiger partial charge in [-0.2, -0.15) is 0 Å². The van der Waals surface area contributed by atoms with E-state index < -0.39 is 5.41 Å². The van der Waals surface area contributed by atoms with Gasteiger partial charge in [-0.15, -0.1) is 24.0 Å². The van der Waals surface area contributed by atoms with Gasteiger partial charge in [0.25, 0.3) is 0 Å². The first kappa shape index (κ1) is 22.4. The standard InChI is InChI=1S/C16H32N4O2.HI/c1-5-18-14(21)16(2,3)12-20-15(17-4)19-9-6-10-22-11-13-7-8-13;/h13H,5-12H2,1-4H3,(H,18,21)(H2,17,19,20);1H. The van der Waals surface area contributed by atoms with Gasteiger partial charge in [-0.3, -0.25) is 9.79 Å². The Morgan fingerprint density at radius 3 is 2.52 bits per heavy atom. The fraction of sp³-hybridized carbons (Fsp3) is 0.875. The first-order valence-corrected chi connectivity index (χ1v) is 8.30. The van der Waals surface area contributed by atoms with Crippen LogP contribution >= 0.6 is 24.0 Å². The van der Waals surface area contributed by atoms with Crippen LogP contribution in [-0.4, -0.2) is 51.8 Å². The average molecular weight is 440 g/mol. The highest BCUT2D eigenvalue weighted by Gasteiger charge is 2.27. The summed E-state index contributed by atoms with van der Waals surface area (Å²) < 4.78 is 5.59. The number of nitrogens with zero attached hydrogens (tertiary/aromatic N) is 1. The van der Waals surface area contributed by atoms with Crippen LogP contribution in [0.25, 0.3) is 0 Å². The van der Waals surface area contributed by atoms with E-state index >= 15 is 0 Å². The molecule has 0 bridgehead atoms. The summed E-state index contributed by atoms with van der Waals surface area (Å²) in [5, 5.41) is 9.30. The molecule has 0 unspecified atom stereocenters. The summed E-state index contributed by atoms with van der Waals surface area (Å²) in [6.45, 7) is 9.46. The normalized spacial score (nSPS) is 14.9. The van der Waals surface area contributed by atoms with Gasteiger partial charge in [-0.25, -0.2) is 0 Å². The Morgan fingerprint density at radius 2 is 1.96 bits per heavy atom. The number of guanidine groups is 1. The van der Waals surface area contributed by atoms with E-state index in [4.69, 9.17) is 4.74 Å². The highest BCUT2D eigenvalue weighted by atomic mass is 127. The number of hydrogen-bond donors (Lipinski definition) is 3. The Morgan fingerprint density at radius 1 is 1.26 bits per heavy atom. The van der Waals surface area contributed by atoms with E-state index in [2.05, 4.69) is 20.9 Å². The van der Waals surface area contributed by atoms with E-state index in [0.717, 1.165) is 38.1 Å². The number of amides is 1. The third-order valence-electron chi connectivity index (χ3n) is 3.68. The van der Waals surface area contributed by atoms with Crippen LogP contribution in [-0.2, 0) is 9.53 Å². The van der Waals surface area contributed by atoms with E-state index in [-0.39, 0.29) is 29.9 Å². The Hall–Kier alpha value is -0.570. The lowest BCUT2D eigenvalue weighted by Gasteiger charge is -2.24. The van der Waals surface area contributed by atoms with Crippen LogP contribution < -0.4 is 16.0 Å². The second-order valence-electron chi connectivity index (χ2n) is 6.47. The van der Waals surface area contributed by atoms with Gasteiger partial charge in [-0.1, -0.05) is 0 Å². The lowest BCUT2D eigenvalue weighted by atomic mass is 9.92. The maximum Gasteiger partial charge on any atom is 0.227 e. The maximum atomic E-state index is 11.9. The first-order chi connectivity index (χ1) is 10.5. The summed E-state index contributed by atoms with van der Waals surface area (Å²) in [5.74, 6) is 1.59. The van der Waals surface area contributed by atoms with Crippen molar-refractivity contribution >= 4 is 35.8 Å². The van der Waals surface area contributed by atoms with Crippen LogP contribution in [0.3, 0.4) is 0 Å². The van der Waals surface area contributed by atoms with Gasteiger partial charge in [0.2, 0.25) is 5.91 Å². The van der Waals surface area contributed by atoms with Crippen molar-refractivity contribution in [1.82, 2.24) is 16.0 Å². The van der Waals surface area contributed by atoms with Crippen LogP contribution in [0.2, 0.25) is 0 Å². The summed E-state index contributed by atoms with van der Waals surface area (Å²) in [5.41, 5.74) is -0.471. The number of nitrogens with one attached hydrogen (secondary N) is 3. The van der Waals surface area contributed by atoms with Crippen molar-refractivity contribution in [2.45, 2.75) is 40.0 Å². The molecule has 1 aliphatic carbocycles. The summed E-state index contributed by atoms with van der Waals surface area (Å²) in [7, 11) is 1.73. The molecule has 1 aliphatic rings. The molecule has 0 atom stereocenters.